The molecule has 0 aromatic carbocycles. The van der Waals surface area contributed by atoms with Gasteiger partial charge >= 0.3 is 7.12 Å². The van der Waals surface area contributed by atoms with Crippen molar-refractivity contribution >= 4 is 15.4 Å². The van der Waals surface area contributed by atoms with E-state index in [1.807, 2.05) is 0 Å². The summed E-state index contributed by atoms with van der Waals surface area (Å²) in [6.07, 6.45) is 8.24. The molecule has 0 radical (unpaired) electrons. The maximum atomic E-state index is 6.83. The Hall–Kier alpha value is -0.358. The first-order chi connectivity index (χ1) is 13.4. The summed E-state index contributed by atoms with van der Waals surface area (Å²) in [4.78, 5) is 0. The zero-order valence-corrected chi connectivity index (χ0v) is 23.1. The molecule has 0 amide bonds. The maximum absolute atomic E-state index is 6.83. The van der Waals surface area contributed by atoms with Gasteiger partial charge in [0.25, 0.3) is 0 Å². The summed E-state index contributed by atoms with van der Waals surface area (Å²) in [5, 5.41) is 0.138. The van der Waals surface area contributed by atoms with Crippen molar-refractivity contribution in [1.29, 1.82) is 0 Å². The largest absolute Gasteiger partial charge is 0.494 e. The Bertz CT molecular complexity index is 611. The molecule has 0 unspecified atom stereocenters. The van der Waals surface area contributed by atoms with Crippen LogP contribution in [-0.4, -0.2) is 32.2 Å². The summed E-state index contributed by atoms with van der Waals surface area (Å²) in [6.45, 7) is 30.9. The number of rotatable bonds is 10. The Labute approximate surface area is 189 Å². The molecule has 1 fully saturated rings. The van der Waals surface area contributed by atoms with Crippen LogP contribution in [0.2, 0.25) is 18.1 Å². The van der Waals surface area contributed by atoms with E-state index in [4.69, 9.17) is 13.7 Å². The Kier molecular flexibility index (Phi) is 8.89. The fourth-order valence-electron chi connectivity index (χ4n) is 3.36. The van der Waals surface area contributed by atoms with Crippen molar-refractivity contribution in [1.82, 2.24) is 0 Å². The lowest BCUT2D eigenvalue weighted by molar-refractivity contribution is 0.00578. The van der Waals surface area contributed by atoms with Crippen LogP contribution in [0, 0.1) is 0 Å². The van der Waals surface area contributed by atoms with Gasteiger partial charge in [0.2, 0.25) is 0 Å². The van der Waals surface area contributed by atoms with Gasteiger partial charge in [-0.25, -0.2) is 0 Å². The molecule has 0 aromatic heterocycles. The maximum Gasteiger partial charge on any atom is 0.494 e. The first-order valence-corrected chi connectivity index (χ1v) is 14.7. The molecule has 1 aliphatic rings. The molecule has 0 aliphatic carbocycles. The average Bonchev–Trinajstić information content (AvgIpc) is 2.76. The molecule has 0 spiro atoms. The fraction of sp³-hybridized carbons (Fsp3) is 0.840. The Morgan fingerprint density at radius 1 is 0.967 bits per heavy atom. The molecule has 1 aliphatic heterocycles. The van der Waals surface area contributed by atoms with Gasteiger partial charge in [-0.2, -0.15) is 0 Å². The van der Waals surface area contributed by atoms with Gasteiger partial charge in [-0.15, -0.1) is 0 Å². The molecule has 0 bridgehead atoms. The Morgan fingerprint density at radius 3 is 1.90 bits per heavy atom. The van der Waals surface area contributed by atoms with E-state index in [0.717, 1.165) is 17.5 Å². The number of unbranched alkanes of at least 4 members (excludes halogenated alkanes) is 4. The molecule has 0 N–H and O–H groups in total. The molecule has 174 valence electrons. The van der Waals surface area contributed by atoms with E-state index in [1.165, 1.54) is 25.7 Å². The predicted octanol–water partition coefficient (Wildman–Crippen LogP) is 7.87. The van der Waals surface area contributed by atoms with Crippen LogP contribution in [0.3, 0.4) is 0 Å². The van der Waals surface area contributed by atoms with Gasteiger partial charge in [-0.1, -0.05) is 59.6 Å². The second-order valence-electron chi connectivity index (χ2n) is 11.9. The van der Waals surface area contributed by atoms with E-state index in [0.29, 0.717) is 0 Å². The molecular weight excluding hydrogens is 387 g/mol. The molecule has 1 rings (SSSR count). The van der Waals surface area contributed by atoms with Crippen LogP contribution >= 0.6 is 0 Å². The van der Waals surface area contributed by atoms with Crippen molar-refractivity contribution < 1.29 is 13.7 Å². The van der Waals surface area contributed by atoms with Gasteiger partial charge in [0.1, 0.15) is 0 Å². The summed E-state index contributed by atoms with van der Waals surface area (Å²) in [6, 6.07) is 0. The van der Waals surface area contributed by atoms with Crippen LogP contribution in [0.15, 0.2) is 23.7 Å². The lowest BCUT2D eigenvalue weighted by Gasteiger charge is -2.44. The number of allylic oxidation sites excluding steroid dienone is 1. The van der Waals surface area contributed by atoms with Gasteiger partial charge in [-0.3, -0.25) is 0 Å². The van der Waals surface area contributed by atoms with Crippen LogP contribution in [-0.2, 0) is 13.7 Å². The summed E-state index contributed by atoms with van der Waals surface area (Å²) in [7, 11) is -2.37. The second-order valence-corrected chi connectivity index (χ2v) is 16.7. The number of hydrogen-bond acceptors (Lipinski definition) is 3. The van der Waals surface area contributed by atoms with Crippen molar-refractivity contribution in [2.24, 2.45) is 0 Å². The van der Waals surface area contributed by atoms with Crippen molar-refractivity contribution in [2.75, 3.05) is 0 Å². The Morgan fingerprint density at radius 2 is 1.47 bits per heavy atom. The zero-order chi connectivity index (χ0) is 23.6. The third kappa shape index (κ3) is 6.57. The number of hydrogen-bond donors (Lipinski definition) is 0. The molecule has 1 heterocycles. The minimum absolute atomic E-state index is 0.138. The van der Waals surface area contributed by atoms with E-state index in [1.54, 1.807) is 0 Å². The highest BCUT2D eigenvalue weighted by Gasteiger charge is 2.54. The van der Waals surface area contributed by atoms with E-state index in [9.17, 15) is 0 Å². The average molecular weight is 437 g/mol. The zero-order valence-electron chi connectivity index (χ0n) is 22.1. The lowest BCUT2D eigenvalue weighted by Crippen LogP contribution is -2.49. The third-order valence-electron chi connectivity index (χ3n) is 7.32. The minimum atomic E-state index is -1.96. The standard InChI is InChI=1S/C25H49BO3Si/c1-14-15-16-17-18-19-21(26-27-24(8,9)25(10,11)28-26)20(2)23(6,7)29-30(12,13)22(3,4)5/h19H,2,14-18H2,1,3-13H3/b21-19-. The summed E-state index contributed by atoms with van der Waals surface area (Å²) in [5.41, 5.74) is 0.796. The summed E-state index contributed by atoms with van der Waals surface area (Å²) < 4.78 is 19.7. The molecular formula is C25H49BO3Si. The molecule has 0 aromatic rings. The molecule has 1 saturated heterocycles. The van der Waals surface area contributed by atoms with E-state index >= 15 is 0 Å². The Balaban J connectivity index is 3.18. The third-order valence-corrected chi connectivity index (χ3v) is 12.0. The van der Waals surface area contributed by atoms with Gasteiger partial charge < -0.3 is 13.7 Å². The minimum Gasteiger partial charge on any atom is -0.408 e. The van der Waals surface area contributed by atoms with Crippen LogP contribution in [0.25, 0.3) is 0 Å². The van der Waals surface area contributed by atoms with Gasteiger partial charge in [0.05, 0.1) is 16.8 Å². The van der Waals surface area contributed by atoms with Gasteiger partial charge in [0, 0.05) is 0 Å². The first-order valence-electron chi connectivity index (χ1n) is 11.8. The van der Waals surface area contributed by atoms with Crippen molar-refractivity contribution in [3.8, 4) is 0 Å². The van der Waals surface area contributed by atoms with Gasteiger partial charge in [-0.05, 0) is 83.6 Å². The highest BCUT2D eigenvalue weighted by atomic mass is 28.4. The quantitative estimate of drug-likeness (QED) is 0.198. The van der Waals surface area contributed by atoms with Crippen molar-refractivity contribution in [3.63, 3.8) is 0 Å². The molecule has 3 nitrogen and oxygen atoms in total. The molecule has 0 atom stereocenters. The fourth-order valence-corrected chi connectivity index (χ4v) is 5.07. The van der Waals surface area contributed by atoms with Crippen molar-refractivity contribution in [2.45, 2.75) is 136 Å². The summed E-state index contributed by atoms with van der Waals surface area (Å²) in [5.74, 6) is 0. The predicted molar refractivity (Wildman–Crippen MR) is 134 cm³/mol. The van der Waals surface area contributed by atoms with Crippen LogP contribution in [0.5, 0.6) is 0 Å². The molecule has 5 heteroatoms. The van der Waals surface area contributed by atoms with E-state index in [2.05, 4.69) is 95.0 Å². The van der Waals surface area contributed by atoms with Crippen LogP contribution in [0.1, 0.15) is 101 Å². The topological polar surface area (TPSA) is 27.7 Å². The van der Waals surface area contributed by atoms with Crippen molar-refractivity contribution in [3.05, 3.63) is 23.7 Å². The SMILES string of the molecule is C=C(/C(=C/CCCCCC)B1OC(C)(C)C(C)(C)O1)C(C)(C)O[Si](C)(C)C(C)(C)C. The smallest absolute Gasteiger partial charge is 0.408 e. The molecule has 30 heavy (non-hydrogen) atoms. The molecule has 0 saturated carbocycles. The van der Waals surface area contributed by atoms with E-state index in [-0.39, 0.29) is 16.2 Å². The normalized spacial score (nSPS) is 20.0. The summed E-state index contributed by atoms with van der Waals surface area (Å²) >= 11 is 0. The van der Waals surface area contributed by atoms with E-state index < -0.39 is 21.0 Å². The monoisotopic (exact) mass is 436 g/mol. The van der Waals surface area contributed by atoms with Crippen LogP contribution in [0.4, 0.5) is 0 Å². The highest BCUT2D eigenvalue weighted by Crippen LogP contribution is 2.44. The first kappa shape index (κ1) is 27.7. The lowest BCUT2D eigenvalue weighted by atomic mass is 9.69. The highest BCUT2D eigenvalue weighted by molar-refractivity contribution is 6.74. The van der Waals surface area contributed by atoms with Gasteiger partial charge in [0.15, 0.2) is 8.32 Å². The van der Waals surface area contributed by atoms with Crippen LogP contribution < -0.4 is 0 Å². The second kappa shape index (κ2) is 9.64.